The Morgan fingerprint density at radius 3 is 3.27 bits per heavy atom. The number of hydrogen-bond donors (Lipinski definition) is 1. The van der Waals surface area contributed by atoms with E-state index >= 15 is 0 Å². The van der Waals surface area contributed by atoms with E-state index in [2.05, 4.69) is 9.97 Å². The third-order valence-electron chi connectivity index (χ3n) is 1.82. The van der Waals surface area contributed by atoms with Gasteiger partial charge in [-0.15, -0.1) is 0 Å². The molecule has 0 amide bonds. The lowest BCUT2D eigenvalue weighted by Crippen LogP contribution is -1.96. The van der Waals surface area contributed by atoms with E-state index in [0.29, 0.717) is 10.8 Å². The lowest BCUT2D eigenvalue weighted by Gasteiger charge is -1.99. The molecule has 1 aromatic heterocycles. The number of nitrogens with zero attached hydrogens (tertiary/aromatic N) is 2. The van der Waals surface area contributed by atoms with Gasteiger partial charge < -0.3 is 5.11 Å². The lowest BCUT2D eigenvalue weighted by atomic mass is 10.3. The van der Waals surface area contributed by atoms with Crippen LogP contribution in [0.5, 0.6) is 0 Å². The van der Waals surface area contributed by atoms with Gasteiger partial charge in [0.1, 0.15) is 5.15 Å². The zero-order valence-electron chi connectivity index (χ0n) is 5.79. The topological polar surface area (TPSA) is 46.0 Å². The maximum absolute atomic E-state index is 9.33. The highest BCUT2D eigenvalue weighted by atomic mass is 35.5. The molecule has 1 N–H and O–H groups in total. The summed E-state index contributed by atoms with van der Waals surface area (Å²) in [4.78, 5) is 8.04. The molecular weight excluding hydrogens is 164 g/mol. The first kappa shape index (κ1) is 7.00. The quantitative estimate of drug-likeness (QED) is 0.635. The number of aryl methyl sites for hydroxylation is 1. The maximum Gasteiger partial charge on any atom is 0.147 e. The minimum atomic E-state index is -0.435. The lowest BCUT2D eigenvalue weighted by molar-refractivity contribution is 0.176. The smallest absolute Gasteiger partial charge is 0.147 e. The molecule has 0 saturated carbocycles. The summed E-state index contributed by atoms with van der Waals surface area (Å²) in [5.74, 6) is 0. The third-order valence-corrected chi connectivity index (χ3v) is 2.00. The van der Waals surface area contributed by atoms with Crippen molar-refractivity contribution in [1.29, 1.82) is 0 Å². The van der Waals surface area contributed by atoms with Crippen LogP contribution in [-0.4, -0.2) is 15.1 Å². The highest BCUT2D eigenvalue weighted by Crippen LogP contribution is 2.27. The molecule has 1 atom stereocenters. The van der Waals surface area contributed by atoms with Crippen LogP contribution in [0.1, 0.15) is 23.9 Å². The second-order valence-electron chi connectivity index (χ2n) is 2.58. The van der Waals surface area contributed by atoms with Crippen LogP contribution >= 0.6 is 11.6 Å². The van der Waals surface area contributed by atoms with Crippen LogP contribution in [0, 0.1) is 0 Å². The molecule has 1 aromatic rings. The van der Waals surface area contributed by atoms with Crippen molar-refractivity contribution < 1.29 is 5.11 Å². The Kier molecular flexibility index (Phi) is 1.55. The predicted molar refractivity (Wildman–Crippen MR) is 40.3 cm³/mol. The van der Waals surface area contributed by atoms with E-state index in [1.165, 1.54) is 6.20 Å². The first-order valence-corrected chi connectivity index (χ1v) is 3.84. The summed E-state index contributed by atoms with van der Waals surface area (Å²) in [6.45, 7) is 0. The number of aromatic nitrogens is 2. The largest absolute Gasteiger partial charge is 0.387 e. The number of aliphatic hydroxyl groups is 1. The fraction of sp³-hybridized carbons (Fsp3) is 0.429. The van der Waals surface area contributed by atoms with Gasteiger partial charge in [0.05, 0.1) is 23.7 Å². The van der Waals surface area contributed by atoms with Gasteiger partial charge in [0.2, 0.25) is 0 Å². The zero-order chi connectivity index (χ0) is 7.84. The van der Waals surface area contributed by atoms with Crippen molar-refractivity contribution in [2.75, 3.05) is 0 Å². The Morgan fingerprint density at radius 2 is 2.45 bits per heavy atom. The standard InChI is InChI=1S/C7H7ClN2O/c8-6-3-9-7-4(10-6)1-2-5(7)11/h3,5,11H,1-2H2. The van der Waals surface area contributed by atoms with Crippen molar-refractivity contribution in [2.24, 2.45) is 0 Å². The molecule has 4 heteroatoms. The number of aliphatic hydroxyl groups excluding tert-OH is 1. The van der Waals surface area contributed by atoms with Crippen molar-refractivity contribution >= 4 is 11.6 Å². The molecule has 11 heavy (non-hydrogen) atoms. The minimum absolute atomic E-state index is 0.401. The molecule has 58 valence electrons. The van der Waals surface area contributed by atoms with Crippen LogP contribution in [0.3, 0.4) is 0 Å². The summed E-state index contributed by atoms with van der Waals surface area (Å²) >= 11 is 5.62. The van der Waals surface area contributed by atoms with E-state index < -0.39 is 6.10 Å². The molecule has 0 aliphatic heterocycles. The average Bonchev–Trinajstić information content (AvgIpc) is 2.32. The monoisotopic (exact) mass is 170 g/mol. The van der Waals surface area contributed by atoms with Crippen LogP contribution in [0.2, 0.25) is 5.15 Å². The van der Waals surface area contributed by atoms with E-state index in [4.69, 9.17) is 11.6 Å². The SMILES string of the molecule is OC1CCc2nc(Cl)cnc21. The van der Waals surface area contributed by atoms with Crippen LogP contribution in [0.15, 0.2) is 6.20 Å². The van der Waals surface area contributed by atoms with Gasteiger partial charge in [-0.05, 0) is 12.8 Å². The van der Waals surface area contributed by atoms with E-state index in [-0.39, 0.29) is 0 Å². The van der Waals surface area contributed by atoms with Gasteiger partial charge in [-0.25, -0.2) is 4.98 Å². The molecule has 1 aliphatic rings. The Bertz CT molecular complexity index is 290. The van der Waals surface area contributed by atoms with Crippen molar-refractivity contribution in [2.45, 2.75) is 18.9 Å². The molecule has 3 nitrogen and oxygen atoms in total. The number of hydrogen-bond acceptors (Lipinski definition) is 3. The second-order valence-corrected chi connectivity index (χ2v) is 2.97. The average molecular weight is 171 g/mol. The summed E-state index contributed by atoms with van der Waals surface area (Å²) < 4.78 is 0. The molecular formula is C7H7ClN2O. The summed E-state index contributed by atoms with van der Waals surface area (Å²) in [5.41, 5.74) is 1.53. The Hall–Kier alpha value is -0.670. The van der Waals surface area contributed by atoms with Gasteiger partial charge >= 0.3 is 0 Å². The Labute approximate surface area is 69.1 Å². The molecule has 0 aromatic carbocycles. The molecule has 0 fully saturated rings. The third kappa shape index (κ3) is 1.10. The van der Waals surface area contributed by atoms with Crippen molar-refractivity contribution in [3.05, 3.63) is 22.7 Å². The van der Waals surface area contributed by atoms with Crippen molar-refractivity contribution in [1.82, 2.24) is 9.97 Å². The summed E-state index contributed by atoms with van der Waals surface area (Å²) in [5, 5.41) is 9.73. The second kappa shape index (κ2) is 2.43. The first-order chi connectivity index (χ1) is 5.27. The first-order valence-electron chi connectivity index (χ1n) is 3.47. The molecule has 1 unspecified atom stereocenters. The van der Waals surface area contributed by atoms with E-state index in [9.17, 15) is 5.11 Å². The predicted octanol–water partition coefficient (Wildman–Crippen LogP) is 1.11. The number of rotatable bonds is 0. The van der Waals surface area contributed by atoms with Crippen molar-refractivity contribution in [3.8, 4) is 0 Å². The molecule has 0 spiro atoms. The highest BCUT2D eigenvalue weighted by Gasteiger charge is 2.22. The van der Waals surface area contributed by atoms with Gasteiger partial charge in [-0.3, -0.25) is 4.98 Å². The highest BCUT2D eigenvalue weighted by molar-refractivity contribution is 6.29. The molecule has 0 saturated heterocycles. The summed E-state index contributed by atoms with van der Waals surface area (Å²) in [6.07, 6.45) is 2.53. The van der Waals surface area contributed by atoms with Gasteiger partial charge in [0, 0.05) is 0 Å². The van der Waals surface area contributed by atoms with Crippen molar-refractivity contribution in [3.63, 3.8) is 0 Å². The maximum atomic E-state index is 9.33. The van der Waals surface area contributed by atoms with Crippen LogP contribution in [0.25, 0.3) is 0 Å². The molecule has 0 radical (unpaired) electrons. The zero-order valence-corrected chi connectivity index (χ0v) is 6.54. The Morgan fingerprint density at radius 1 is 1.64 bits per heavy atom. The fourth-order valence-corrected chi connectivity index (χ4v) is 1.44. The molecule has 2 rings (SSSR count). The van der Waals surface area contributed by atoms with Crippen LogP contribution < -0.4 is 0 Å². The molecule has 1 aliphatic carbocycles. The van der Waals surface area contributed by atoms with E-state index in [0.717, 1.165) is 18.5 Å². The minimum Gasteiger partial charge on any atom is -0.387 e. The number of halogens is 1. The van der Waals surface area contributed by atoms with Gasteiger partial charge in [0.15, 0.2) is 0 Å². The molecule has 1 heterocycles. The van der Waals surface area contributed by atoms with Crippen LogP contribution in [0.4, 0.5) is 0 Å². The van der Waals surface area contributed by atoms with Gasteiger partial charge in [-0.1, -0.05) is 11.6 Å². The Balaban J connectivity index is 2.50. The number of fused-ring (bicyclic) bond motifs is 1. The van der Waals surface area contributed by atoms with Gasteiger partial charge in [-0.2, -0.15) is 0 Å². The summed E-state index contributed by atoms with van der Waals surface area (Å²) in [7, 11) is 0. The van der Waals surface area contributed by atoms with Gasteiger partial charge in [0.25, 0.3) is 0 Å². The van der Waals surface area contributed by atoms with Crippen LogP contribution in [-0.2, 0) is 6.42 Å². The normalized spacial score (nSPS) is 21.8. The van der Waals surface area contributed by atoms with E-state index in [1.54, 1.807) is 0 Å². The van der Waals surface area contributed by atoms with E-state index in [1.807, 2.05) is 0 Å². The summed E-state index contributed by atoms with van der Waals surface area (Å²) in [6, 6.07) is 0. The molecule has 0 bridgehead atoms. The fourth-order valence-electron chi connectivity index (χ4n) is 1.28.